The first-order chi connectivity index (χ1) is 14.8. The minimum Gasteiger partial charge on any atom is -0.477 e. The summed E-state index contributed by atoms with van der Waals surface area (Å²) in [5.74, 6) is 0.185. The number of imidazole rings is 1. The number of ether oxygens (including phenoxy) is 2. The molecule has 0 saturated heterocycles. The quantitative estimate of drug-likeness (QED) is 0.466. The molecule has 1 aromatic carbocycles. The van der Waals surface area contributed by atoms with Crippen LogP contribution in [0.15, 0.2) is 41.4 Å². The van der Waals surface area contributed by atoms with Gasteiger partial charge in [0.1, 0.15) is 18.0 Å². The molecule has 9 nitrogen and oxygen atoms in total. The van der Waals surface area contributed by atoms with Crippen LogP contribution in [0.2, 0.25) is 0 Å². The van der Waals surface area contributed by atoms with E-state index in [0.29, 0.717) is 24.5 Å². The van der Waals surface area contributed by atoms with Crippen LogP contribution in [0.1, 0.15) is 36.5 Å². The topological polar surface area (TPSA) is 104 Å². The van der Waals surface area contributed by atoms with E-state index in [1.807, 2.05) is 18.4 Å². The van der Waals surface area contributed by atoms with E-state index in [0.717, 1.165) is 16.2 Å². The van der Waals surface area contributed by atoms with Crippen LogP contribution in [-0.4, -0.2) is 53.9 Å². The molecule has 0 radical (unpaired) electrons. The average molecular weight is 447 g/mol. The van der Waals surface area contributed by atoms with Gasteiger partial charge in [0.2, 0.25) is 15.9 Å². The number of esters is 1. The molecule has 0 bridgehead atoms. The number of carbonyl (C=O) groups excluding carboxylic acids is 1. The molecule has 2 aromatic heterocycles. The average Bonchev–Trinajstić information content (AvgIpc) is 3.09. The molecule has 0 aliphatic rings. The minimum atomic E-state index is -3.58. The highest BCUT2D eigenvalue weighted by Gasteiger charge is 2.21. The molecule has 0 atom stereocenters. The molecule has 0 N–H and O–H groups in total. The lowest BCUT2D eigenvalue weighted by Gasteiger charge is -2.11. The van der Waals surface area contributed by atoms with E-state index >= 15 is 0 Å². The van der Waals surface area contributed by atoms with Gasteiger partial charge in [0.15, 0.2) is 0 Å². The SMILES string of the molecule is CCCn1c(COC(=O)c2cccnc2OCC)nc2cc(S(=O)(=O)N(C)C)ccc21. The number of benzene rings is 1. The summed E-state index contributed by atoms with van der Waals surface area (Å²) in [6, 6.07) is 8.06. The standard InChI is InChI=1S/C21H26N4O5S/c1-5-12-25-18-10-9-15(31(27,28)24(3)4)13-17(18)23-19(25)14-30-21(26)16-8-7-11-22-20(16)29-6-2/h7-11,13H,5-6,12,14H2,1-4H3. The monoisotopic (exact) mass is 446 g/mol. The van der Waals surface area contributed by atoms with Gasteiger partial charge in [0.25, 0.3) is 0 Å². The lowest BCUT2D eigenvalue weighted by atomic mass is 10.3. The molecule has 166 valence electrons. The molecule has 0 spiro atoms. The zero-order valence-electron chi connectivity index (χ0n) is 18.0. The third-order valence-corrected chi connectivity index (χ3v) is 6.44. The molecule has 0 unspecified atom stereocenters. The van der Waals surface area contributed by atoms with Gasteiger partial charge in [-0.1, -0.05) is 6.92 Å². The lowest BCUT2D eigenvalue weighted by Crippen LogP contribution is -2.22. The molecule has 0 saturated carbocycles. The van der Waals surface area contributed by atoms with E-state index < -0.39 is 16.0 Å². The number of pyridine rings is 1. The highest BCUT2D eigenvalue weighted by molar-refractivity contribution is 7.89. The maximum absolute atomic E-state index is 12.6. The summed E-state index contributed by atoms with van der Waals surface area (Å²) in [5, 5.41) is 0. The Morgan fingerprint density at radius 2 is 1.97 bits per heavy atom. The van der Waals surface area contributed by atoms with Crippen LogP contribution < -0.4 is 4.74 Å². The number of sulfonamides is 1. The van der Waals surface area contributed by atoms with Crippen LogP contribution in [0.3, 0.4) is 0 Å². The Labute approximate surface area is 181 Å². The second-order valence-electron chi connectivity index (χ2n) is 6.98. The minimum absolute atomic E-state index is 0.0657. The first-order valence-corrected chi connectivity index (χ1v) is 11.4. The van der Waals surface area contributed by atoms with Crippen LogP contribution in [0.5, 0.6) is 5.88 Å². The second kappa shape index (κ2) is 9.44. The van der Waals surface area contributed by atoms with Crippen molar-refractivity contribution in [3.05, 3.63) is 47.9 Å². The molecular formula is C21H26N4O5S. The summed E-state index contributed by atoms with van der Waals surface area (Å²) in [5.41, 5.74) is 1.54. The summed E-state index contributed by atoms with van der Waals surface area (Å²) in [7, 11) is -0.616. The smallest absolute Gasteiger partial charge is 0.344 e. The van der Waals surface area contributed by atoms with Crippen molar-refractivity contribution in [3.63, 3.8) is 0 Å². The molecular weight excluding hydrogens is 420 g/mol. The van der Waals surface area contributed by atoms with Crippen LogP contribution >= 0.6 is 0 Å². The van der Waals surface area contributed by atoms with Crippen LogP contribution in [-0.2, 0) is 27.9 Å². The van der Waals surface area contributed by atoms with Crippen molar-refractivity contribution < 1.29 is 22.7 Å². The van der Waals surface area contributed by atoms with Gasteiger partial charge >= 0.3 is 5.97 Å². The van der Waals surface area contributed by atoms with Crippen molar-refractivity contribution in [2.45, 2.75) is 38.3 Å². The Morgan fingerprint density at radius 1 is 1.19 bits per heavy atom. The summed E-state index contributed by atoms with van der Waals surface area (Å²) in [4.78, 5) is 21.4. The zero-order chi connectivity index (χ0) is 22.6. The van der Waals surface area contributed by atoms with Crippen LogP contribution in [0.25, 0.3) is 11.0 Å². The Bertz CT molecular complexity index is 1190. The first kappa shape index (κ1) is 22.7. The van der Waals surface area contributed by atoms with Crippen molar-refractivity contribution in [2.24, 2.45) is 0 Å². The second-order valence-corrected chi connectivity index (χ2v) is 9.13. The third-order valence-electron chi connectivity index (χ3n) is 4.63. The zero-order valence-corrected chi connectivity index (χ0v) is 18.8. The number of hydrogen-bond donors (Lipinski definition) is 0. The van der Waals surface area contributed by atoms with E-state index in [4.69, 9.17) is 9.47 Å². The van der Waals surface area contributed by atoms with Crippen LogP contribution in [0.4, 0.5) is 0 Å². The number of aryl methyl sites for hydroxylation is 1. The molecule has 3 rings (SSSR count). The van der Waals surface area contributed by atoms with Crippen molar-refractivity contribution in [2.75, 3.05) is 20.7 Å². The highest BCUT2D eigenvalue weighted by atomic mass is 32.2. The molecule has 0 aliphatic heterocycles. The summed E-state index contributed by atoms with van der Waals surface area (Å²) < 4.78 is 38.9. The molecule has 0 fully saturated rings. The van der Waals surface area contributed by atoms with Gasteiger partial charge in [-0.05, 0) is 43.7 Å². The number of hydrogen-bond acceptors (Lipinski definition) is 7. The van der Waals surface area contributed by atoms with E-state index in [2.05, 4.69) is 9.97 Å². The molecule has 31 heavy (non-hydrogen) atoms. The molecule has 0 amide bonds. The van der Waals surface area contributed by atoms with E-state index in [-0.39, 0.29) is 22.9 Å². The fourth-order valence-corrected chi connectivity index (χ4v) is 4.04. The van der Waals surface area contributed by atoms with Crippen molar-refractivity contribution in [1.29, 1.82) is 0 Å². The predicted molar refractivity (Wildman–Crippen MR) is 115 cm³/mol. The van der Waals surface area contributed by atoms with Crippen molar-refractivity contribution >= 4 is 27.0 Å². The van der Waals surface area contributed by atoms with Gasteiger partial charge in [-0.15, -0.1) is 0 Å². The van der Waals surface area contributed by atoms with Crippen molar-refractivity contribution in [3.8, 4) is 5.88 Å². The van der Waals surface area contributed by atoms with Crippen LogP contribution in [0, 0.1) is 0 Å². The Hall–Kier alpha value is -2.98. The van der Waals surface area contributed by atoms with E-state index in [1.54, 1.807) is 30.5 Å². The van der Waals surface area contributed by atoms with E-state index in [9.17, 15) is 13.2 Å². The third kappa shape index (κ3) is 4.70. The fraction of sp³-hybridized carbons (Fsp3) is 0.381. The highest BCUT2D eigenvalue weighted by Crippen LogP contribution is 2.23. The Balaban J connectivity index is 1.91. The number of rotatable bonds is 9. The number of fused-ring (bicyclic) bond motifs is 1. The van der Waals surface area contributed by atoms with Gasteiger partial charge < -0.3 is 14.0 Å². The molecule has 0 aliphatic carbocycles. The van der Waals surface area contributed by atoms with Gasteiger partial charge in [0.05, 0.1) is 22.5 Å². The first-order valence-electron chi connectivity index (χ1n) is 9.96. The Kier molecular flexibility index (Phi) is 6.91. The number of nitrogens with zero attached hydrogens (tertiary/aromatic N) is 4. The number of carbonyl (C=O) groups is 1. The molecule has 10 heteroatoms. The largest absolute Gasteiger partial charge is 0.477 e. The molecule has 2 heterocycles. The maximum Gasteiger partial charge on any atom is 0.344 e. The van der Waals surface area contributed by atoms with Crippen molar-refractivity contribution in [1.82, 2.24) is 18.8 Å². The predicted octanol–water partition coefficient (Wildman–Crippen LogP) is 2.85. The summed E-state index contributed by atoms with van der Waals surface area (Å²) in [6.45, 7) is 4.80. The normalized spacial score (nSPS) is 11.8. The number of aromatic nitrogens is 3. The van der Waals surface area contributed by atoms with Gasteiger partial charge in [-0.2, -0.15) is 0 Å². The lowest BCUT2D eigenvalue weighted by molar-refractivity contribution is 0.0453. The van der Waals surface area contributed by atoms with E-state index in [1.165, 1.54) is 20.2 Å². The maximum atomic E-state index is 12.6. The fourth-order valence-electron chi connectivity index (χ4n) is 3.12. The Morgan fingerprint density at radius 3 is 2.65 bits per heavy atom. The molecule has 3 aromatic rings. The summed E-state index contributed by atoms with van der Waals surface area (Å²) >= 11 is 0. The van der Waals surface area contributed by atoms with Gasteiger partial charge in [-0.3, -0.25) is 0 Å². The van der Waals surface area contributed by atoms with Gasteiger partial charge in [0, 0.05) is 26.8 Å². The van der Waals surface area contributed by atoms with Gasteiger partial charge in [-0.25, -0.2) is 27.5 Å². The summed E-state index contributed by atoms with van der Waals surface area (Å²) in [6.07, 6.45) is 2.38.